The molecule has 0 aromatic heterocycles. The number of rotatable bonds is 4. The predicted octanol–water partition coefficient (Wildman–Crippen LogP) is 2.68. The molecule has 0 amide bonds. The van der Waals surface area contributed by atoms with Crippen LogP contribution in [0.4, 0.5) is 0 Å². The minimum absolute atomic E-state index is 0.561. The lowest BCUT2D eigenvalue weighted by Gasteiger charge is -2.13. The summed E-state index contributed by atoms with van der Waals surface area (Å²) in [6.45, 7) is 3.31. The summed E-state index contributed by atoms with van der Waals surface area (Å²) in [6.07, 6.45) is 3.60. The number of hydrogen-bond acceptors (Lipinski definition) is 2. The van der Waals surface area contributed by atoms with Crippen LogP contribution in [0.3, 0.4) is 0 Å². The standard InChI is InChI=1S/C13H19NO/c1-3-8-14-13-7-4-10-9-11(15-2)5-6-12(10)13/h5-6,9,13-14H,3-4,7-8H2,1-2H3. The summed E-state index contributed by atoms with van der Waals surface area (Å²) < 4.78 is 5.24. The van der Waals surface area contributed by atoms with Crippen molar-refractivity contribution in [1.82, 2.24) is 5.32 Å². The lowest BCUT2D eigenvalue weighted by Crippen LogP contribution is -2.19. The van der Waals surface area contributed by atoms with Gasteiger partial charge in [-0.25, -0.2) is 0 Å². The van der Waals surface area contributed by atoms with Crippen molar-refractivity contribution in [2.45, 2.75) is 32.2 Å². The molecule has 1 aromatic rings. The largest absolute Gasteiger partial charge is 0.497 e. The summed E-state index contributed by atoms with van der Waals surface area (Å²) in [5.41, 5.74) is 2.91. The molecule has 1 aliphatic carbocycles. The summed E-state index contributed by atoms with van der Waals surface area (Å²) in [4.78, 5) is 0. The van der Waals surface area contributed by atoms with E-state index in [9.17, 15) is 0 Å². The quantitative estimate of drug-likeness (QED) is 0.816. The lowest BCUT2D eigenvalue weighted by molar-refractivity contribution is 0.414. The first-order valence-corrected chi connectivity index (χ1v) is 5.75. The van der Waals surface area contributed by atoms with Gasteiger partial charge in [0.15, 0.2) is 0 Å². The third-order valence-electron chi connectivity index (χ3n) is 3.07. The van der Waals surface area contributed by atoms with Crippen molar-refractivity contribution < 1.29 is 4.74 Å². The van der Waals surface area contributed by atoms with Gasteiger partial charge in [-0.05, 0) is 49.1 Å². The Labute approximate surface area is 91.6 Å². The van der Waals surface area contributed by atoms with Crippen LogP contribution in [0, 0.1) is 0 Å². The average Bonchev–Trinajstić information content (AvgIpc) is 2.68. The maximum absolute atomic E-state index is 5.24. The van der Waals surface area contributed by atoms with Gasteiger partial charge >= 0.3 is 0 Å². The third-order valence-corrected chi connectivity index (χ3v) is 3.07. The minimum Gasteiger partial charge on any atom is -0.497 e. The highest BCUT2D eigenvalue weighted by molar-refractivity contribution is 5.40. The normalized spacial score (nSPS) is 18.9. The van der Waals surface area contributed by atoms with Crippen LogP contribution >= 0.6 is 0 Å². The Bertz CT molecular complexity index is 335. The van der Waals surface area contributed by atoms with Crippen molar-refractivity contribution in [1.29, 1.82) is 0 Å². The molecular formula is C13H19NO. The molecule has 1 unspecified atom stereocenters. The zero-order valence-electron chi connectivity index (χ0n) is 9.55. The van der Waals surface area contributed by atoms with Crippen LogP contribution in [0.1, 0.15) is 36.9 Å². The molecule has 1 aliphatic rings. The van der Waals surface area contributed by atoms with Crippen molar-refractivity contribution in [2.24, 2.45) is 0 Å². The summed E-state index contributed by atoms with van der Waals surface area (Å²) >= 11 is 0. The van der Waals surface area contributed by atoms with E-state index in [0.29, 0.717) is 6.04 Å². The average molecular weight is 205 g/mol. The molecule has 0 spiro atoms. The van der Waals surface area contributed by atoms with Gasteiger partial charge < -0.3 is 10.1 Å². The van der Waals surface area contributed by atoms with E-state index in [-0.39, 0.29) is 0 Å². The lowest BCUT2D eigenvalue weighted by atomic mass is 10.1. The zero-order chi connectivity index (χ0) is 10.7. The highest BCUT2D eigenvalue weighted by Gasteiger charge is 2.21. The molecule has 0 heterocycles. The number of ether oxygens (including phenoxy) is 1. The smallest absolute Gasteiger partial charge is 0.119 e. The fraction of sp³-hybridized carbons (Fsp3) is 0.538. The second-order valence-corrected chi connectivity index (χ2v) is 4.11. The van der Waals surface area contributed by atoms with Crippen LogP contribution in [0.2, 0.25) is 0 Å². The summed E-state index contributed by atoms with van der Waals surface area (Å²) in [7, 11) is 1.73. The number of fused-ring (bicyclic) bond motifs is 1. The summed E-state index contributed by atoms with van der Waals surface area (Å²) in [5, 5.41) is 3.58. The molecule has 0 fully saturated rings. The van der Waals surface area contributed by atoms with E-state index in [4.69, 9.17) is 4.74 Å². The monoisotopic (exact) mass is 205 g/mol. The maximum Gasteiger partial charge on any atom is 0.119 e. The Kier molecular flexibility index (Phi) is 3.27. The van der Waals surface area contributed by atoms with E-state index in [2.05, 4.69) is 30.4 Å². The Morgan fingerprint density at radius 1 is 1.47 bits per heavy atom. The van der Waals surface area contributed by atoms with Crippen LogP contribution in [0.25, 0.3) is 0 Å². The molecule has 0 aliphatic heterocycles. The van der Waals surface area contributed by atoms with Gasteiger partial charge in [-0.1, -0.05) is 13.0 Å². The van der Waals surface area contributed by atoms with E-state index in [0.717, 1.165) is 12.3 Å². The topological polar surface area (TPSA) is 21.3 Å². The Hall–Kier alpha value is -1.02. The first kappa shape index (κ1) is 10.5. The van der Waals surface area contributed by atoms with Gasteiger partial charge in [0.2, 0.25) is 0 Å². The Balaban J connectivity index is 2.13. The van der Waals surface area contributed by atoms with Gasteiger partial charge in [0.25, 0.3) is 0 Å². The minimum atomic E-state index is 0.561. The SMILES string of the molecule is CCCNC1CCc2cc(OC)ccc21. The van der Waals surface area contributed by atoms with Crippen molar-refractivity contribution in [2.75, 3.05) is 13.7 Å². The van der Waals surface area contributed by atoms with E-state index < -0.39 is 0 Å². The van der Waals surface area contributed by atoms with Gasteiger partial charge in [-0.2, -0.15) is 0 Å². The van der Waals surface area contributed by atoms with Crippen LogP contribution in [0.5, 0.6) is 5.75 Å². The molecule has 2 heteroatoms. The summed E-state index contributed by atoms with van der Waals surface area (Å²) in [5.74, 6) is 0.977. The van der Waals surface area contributed by atoms with Crippen LogP contribution in [0.15, 0.2) is 18.2 Å². The third kappa shape index (κ3) is 2.15. The molecule has 15 heavy (non-hydrogen) atoms. The van der Waals surface area contributed by atoms with Crippen molar-refractivity contribution in [3.63, 3.8) is 0 Å². The molecule has 1 aromatic carbocycles. The van der Waals surface area contributed by atoms with Crippen molar-refractivity contribution >= 4 is 0 Å². The van der Waals surface area contributed by atoms with Gasteiger partial charge in [0.1, 0.15) is 5.75 Å². The molecule has 0 radical (unpaired) electrons. The molecule has 1 atom stereocenters. The molecule has 1 N–H and O–H groups in total. The predicted molar refractivity (Wildman–Crippen MR) is 62.3 cm³/mol. The first-order chi connectivity index (χ1) is 7.35. The second kappa shape index (κ2) is 4.67. The van der Waals surface area contributed by atoms with Crippen molar-refractivity contribution in [3.8, 4) is 5.75 Å². The number of methoxy groups -OCH3 is 1. The van der Waals surface area contributed by atoms with Gasteiger partial charge in [0, 0.05) is 6.04 Å². The van der Waals surface area contributed by atoms with Crippen LogP contribution in [-0.4, -0.2) is 13.7 Å². The van der Waals surface area contributed by atoms with E-state index in [1.165, 1.54) is 30.4 Å². The number of nitrogens with one attached hydrogen (secondary N) is 1. The van der Waals surface area contributed by atoms with E-state index in [1.54, 1.807) is 7.11 Å². The van der Waals surface area contributed by atoms with Gasteiger partial charge in [-0.3, -0.25) is 0 Å². The Morgan fingerprint density at radius 3 is 3.07 bits per heavy atom. The number of aryl methyl sites for hydroxylation is 1. The molecule has 2 rings (SSSR count). The number of benzene rings is 1. The van der Waals surface area contributed by atoms with Crippen molar-refractivity contribution in [3.05, 3.63) is 29.3 Å². The molecular weight excluding hydrogens is 186 g/mol. The number of hydrogen-bond donors (Lipinski definition) is 1. The molecule has 0 bridgehead atoms. The van der Waals surface area contributed by atoms with E-state index in [1.807, 2.05) is 0 Å². The van der Waals surface area contributed by atoms with Gasteiger partial charge in [-0.15, -0.1) is 0 Å². The fourth-order valence-corrected chi connectivity index (χ4v) is 2.25. The first-order valence-electron chi connectivity index (χ1n) is 5.75. The molecule has 82 valence electrons. The van der Waals surface area contributed by atoms with E-state index >= 15 is 0 Å². The van der Waals surface area contributed by atoms with Crippen LogP contribution in [-0.2, 0) is 6.42 Å². The molecule has 0 saturated carbocycles. The summed E-state index contributed by atoms with van der Waals surface area (Å²) in [6, 6.07) is 6.99. The highest BCUT2D eigenvalue weighted by atomic mass is 16.5. The highest BCUT2D eigenvalue weighted by Crippen LogP contribution is 2.33. The zero-order valence-corrected chi connectivity index (χ0v) is 9.55. The Morgan fingerprint density at radius 2 is 2.33 bits per heavy atom. The molecule has 2 nitrogen and oxygen atoms in total. The van der Waals surface area contributed by atoms with Gasteiger partial charge in [0.05, 0.1) is 7.11 Å². The maximum atomic E-state index is 5.24. The second-order valence-electron chi connectivity index (χ2n) is 4.11. The fourth-order valence-electron chi connectivity index (χ4n) is 2.25. The molecule has 0 saturated heterocycles. The van der Waals surface area contributed by atoms with Crippen LogP contribution < -0.4 is 10.1 Å².